The minimum Gasteiger partial charge on any atom is -0.507 e. The van der Waals surface area contributed by atoms with Crippen molar-refractivity contribution in [3.05, 3.63) is 93.7 Å². The fraction of sp³-hybridized carbons (Fsp3) is 0.333. The second kappa shape index (κ2) is 8.81. The molecule has 1 atom stereocenters. The first kappa shape index (κ1) is 20.3. The molecule has 4 rings (SSSR count). The van der Waals surface area contributed by atoms with E-state index in [9.17, 15) is 9.90 Å². The molecule has 1 aliphatic heterocycles. The molecule has 0 aliphatic carbocycles. The molecule has 0 amide bonds. The molecule has 0 spiro atoms. The molecular formula is C24H28N4O2. The molecule has 2 aromatic heterocycles. The van der Waals surface area contributed by atoms with Crippen LogP contribution in [-0.2, 0) is 6.54 Å². The number of pyridine rings is 2. The highest BCUT2D eigenvalue weighted by molar-refractivity contribution is 5.41. The monoisotopic (exact) mass is 404 g/mol. The summed E-state index contributed by atoms with van der Waals surface area (Å²) in [6, 6.07) is 17.1. The van der Waals surface area contributed by atoms with Gasteiger partial charge >= 0.3 is 0 Å². The quantitative estimate of drug-likeness (QED) is 0.708. The summed E-state index contributed by atoms with van der Waals surface area (Å²) in [5, 5.41) is 10.9. The molecule has 0 radical (unpaired) electrons. The smallest absolute Gasteiger partial charge is 0.260 e. The maximum Gasteiger partial charge on any atom is 0.260 e. The fourth-order valence-corrected chi connectivity index (χ4v) is 4.15. The Morgan fingerprint density at radius 2 is 1.73 bits per heavy atom. The highest BCUT2D eigenvalue weighted by Gasteiger charge is 2.30. The molecule has 0 saturated carbocycles. The Kier molecular flexibility index (Phi) is 5.97. The van der Waals surface area contributed by atoms with Crippen LogP contribution in [0.15, 0.2) is 65.6 Å². The van der Waals surface area contributed by atoms with Gasteiger partial charge in [0.2, 0.25) is 0 Å². The van der Waals surface area contributed by atoms with Gasteiger partial charge in [0.25, 0.3) is 5.56 Å². The van der Waals surface area contributed by atoms with E-state index < -0.39 is 0 Å². The number of aryl methyl sites for hydroxylation is 1. The fourth-order valence-electron chi connectivity index (χ4n) is 4.15. The molecule has 0 bridgehead atoms. The van der Waals surface area contributed by atoms with E-state index in [-0.39, 0.29) is 17.4 Å². The van der Waals surface area contributed by atoms with Crippen LogP contribution < -0.4 is 5.56 Å². The van der Waals surface area contributed by atoms with Crippen LogP contribution in [0.5, 0.6) is 5.75 Å². The van der Waals surface area contributed by atoms with E-state index in [1.807, 2.05) is 55.5 Å². The van der Waals surface area contributed by atoms with E-state index in [0.29, 0.717) is 12.1 Å². The van der Waals surface area contributed by atoms with E-state index in [0.717, 1.165) is 43.1 Å². The van der Waals surface area contributed by atoms with Crippen LogP contribution in [0.4, 0.5) is 0 Å². The van der Waals surface area contributed by atoms with E-state index in [1.165, 1.54) is 0 Å². The van der Waals surface area contributed by atoms with Crippen LogP contribution in [0.3, 0.4) is 0 Å². The number of piperazine rings is 1. The maximum absolute atomic E-state index is 13.7. The standard InChI is InChI=1S/C24H28N4O2/c1-18-16-21(29)22(24(30)28(18)17-20-10-6-7-11-25-20)23(19-8-4-3-5-9-19)27-14-12-26(2)13-15-27/h3-11,16,23,29H,12-15,17H2,1-2H3/t23-/m0/s1. The number of aromatic hydroxyl groups is 1. The van der Waals surface area contributed by atoms with E-state index in [4.69, 9.17) is 0 Å². The van der Waals surface area contributed by atoms with Crippen molar-refractivity contribution >= 4 is 0 Å². The van der Waals surface area contributed by atoms with Crippen LogP contribution in [-0.4, -0.2) is 57.7 Å². The van der Waals surface area contributed by atoms with Gasteiger partial charge in [-0.25, -0.2) is 0 Å². The summed E-state index contributed by atoms with van der Waals surface area (Å²) in [5.41, 5.74) is 2.83. The third-order valence-corrected chi connectivity index (χ3v) is 5.86. The van der Waals surface area contributed by atoms with Gasteiger partial charge < -0.3 is 14.6 Å². The molecule has 30 heavy (non-hydrogen) atoms. The molecule has 156 valence electrons. The number of benzene rings is 1. The average Bonchev–Trinajstić information content (AvgIpc) is 2.76. The normalized spacial score (nSPS) is 16.5. The number of rotatable bonds is 5. The summed E-state index contributed by atoms with van der Waals surface area (Å²) in [6.45, 7) is 5.76. The third kappa shape index (κ3) is 4.15. The lowest BCUT2D eigenvalue weighted by atomic mass is 9.96. The number of hydrogen-bond acceptors (Lipinski definition) is 5. The zero-order chi connectivity index (χ0) is 21.1. The lowest BCUT2D eigenvalue weighted by Crippen LogP contribution is -2.47. The minimum atomic E-state index is -0.289. The highest BCUT2D eigenvalue weighted by atomic mass is 16.3. The number of aromatic nitrogens is 2. The molecular weight excluding hydrogens is 376 g/mol. The van der Waals surface area contributed by atoms with Gasteiger partial charge in [0.15, 0.2) is 0 Å². The van der Waals surface area contributed by atoms with Crippen LogP contribution >= 0.6 is 0 Å². The lowest BCUT2D eigenvalue weighted by molar-refractivity contribution is 0.125. The Bertz CT molecular complexity index is 1040. The van der Waals surface area contributed by atoms with Crippen molar-refractivity contribution in [3.8, 4) is 5.75 Å². The summed E-state index contributed by atoms with van der Waals surface area (Å²) in [6.07, 6.45) is 1.73. The van der Waals surface area contributed by atoms with Gasteiger partial charge in [-0.3, -0.25) is 14.7 Å². The first-order valence-electron chi connectivity index (χ1n) is 10.4. The zero-order valence-electron chi connectivity index (χ0n) is 17.5. The maximum atomic E-state index is 13.7. The lowest BCUT2D eigenvalue weighted by Gasteiger charge is -2.38. The van der Waals surface area contributed by atoms with Crippen molar-refractivity contribution in [3.63, 3.8) is 0 Å². The molecule has 6 nitrogen and oxygen atoms in total. The Morgan fingerprint density at radius 3 is 2.40 bits per heavy atom. The summed E-state index contributed by atoms with van der Waals surface area (Å²) in [7, 11) is 2.11. The van der Waals surface area contributed by atoms with Gasteiger partial charge in [-0.05, 0) is 37.7 Å². The Balaban J connectivity index is 1.82. The van der Waals surface area contributed by atoms with Crippen molar-refractivity contribution in [1.29, 1.82) is 0 Å². The molecule has 1 fully saturated rings. The van der Waals surface area contributed by atoms with Crippen molar-refractivity contribution in [2.75, 3.05) is 33.2 Å². The van der Waals surface area contributed by atoms with Crippen LogP contribution in [0, 0.1) is 6.92 Å². The van der Waals surface area contributed by atoms with Gasteiger partial charge in [-0.2, -0.15) is 0 Å². The van der Waals surface area contributed by atoms with Crippen LogP contribution in [0.1, 0.15) is 28.6 Å². The summed E-state index contributed by atoms with van der Waals surface area (Å²) < 4.78 is 1.71. The predicted molar refractivity (Wildman–Crippen MR) is 118 cm³/mol. The number of nitrogens with zero attached hydrogens (tertiary/aromatic N) is 4. The Morgan fingerprint density at radius 1 is 1.03 bits per heavy atom. The summed E-state index contributed by atoms with van der Waals surface area (Å²) in [5.74, 6) is 0.0579. The summed E-state index contributed by atoms with van der Waals surface area (Å²) in [4.78, 5) is 22.6. The predicted octanol–water partition coefficient (Wildman–Crippen LogP) is 2.64. The number of likely N-dealkylation sites (N-methyl/N-ethyl adjacent to an activating group) is 1. The SMILES string of the molecule is Cc1cc(O)c([C@H](c2ccccc2)N2CCN(C)CC2)c(=O)n1Cc1ccccn1. The molecule has 1 aliphatic rings. The van der Waals surface area contributed by atoms with E-state index >= 15 is 0 Å². The van der Waals surface area contributed by atoms with Crippen LogP contribution in [0.2, 0.25) is 0 Å². The van der Waals surface area contributed by atoms with E-state index in [2.05, 4.69) is 21.8 Å². The zero-order valence-corrected chi connectivity index (χ0v) is 17.5. The molecule has 3 heterocycles. The van der Waals surface area contributed by atoms with Crippen molar-refractivity contribution < 1.29 is 5.11 Å². The van der Waals surface area contributed by atoms with Crippen LogP contribution in [0.25, 0.3) is 0 Å². The van der Waals surface area contributed by atoms with Gasteiger partial charge in [0, 0.05) is 38.1 Å². The Hall–Kier alpha value is -2.96. The topological polar surface area (TPSA) is 61.6 Å². The summed E-state index contributed by atoms with van der Waals surface area (Å²) >= 11 is 0. The molecule has 3 aromatic rings. The van der Waals surface area contributed by atoms with Crippen molar-refractivity contribution in [1.82, 2.24) is 19.4 Å². The third-order valence-electron chi connectivity index (χ3n) is 5.86. The second-order valence-electron chi connectivity index (χ2n) is 7.95. The number of hydrogen-bond donors (Lipinski definition) is 1. The van der Waals surface area contributed by atoms with Gasteiger partial charge in [0.1, 0.15) is 5.75 Å². The molecule has 6 heteroatoms. The first-order chi connectivity index (χ1) is 14.5. The average molecular weight is 405 g/mol. The van der Waals surface area contributed by atoms with Crippen molar-refractivity contribution in [2.24, 2.45) is 0 Å². The Labute approximate surface area is 177 Å². The molecule has 1 N–H and O–H groups in total. The minimum absolute atomic E-state index is 0.0579. The molecule has 1 aromatic carbocycles. The van der Waals surface area contributed by atoms with Crippen molar-refractivity contribution in [2.45, 2.75) is 19.5 Å². The second-order valence-corrected chi connectivity index (χ2v) is 7.95. The van der Waals surface area contributed by atoms with Gasteiger partial charge in [-0.1, -0.05) is 36.4 Å². The van der Waals surface area contributed by atoms with Gasteiger partial charge in [-0.15, -0.1) is 0 Å². The van der Waals surface area contributed by atoms with Gasteiger partial charge in [0.05, 0.1) is 23.8 Å². The molecule has 1 saturated heterocycles. The highest BCUT2D eigenvalue weighted by Crippen LogP contribution is 2.33. The van der Waals surface area contributed by atoms with E-state index in [1.54, 1.807) is 16.8 Å². The molecule has 0 unspecified atom stereocenters. The largest absolute Gasteiger partial charge is 0.507 e. The first-order valence-corrected chi connectivity index (χ1v) is 10.4.